The van der Waals surface area contributed by atoms with Gasteiger partial charge in [-0.05, 0) is 30.2 Å². The van der Waals surface area contributed by atoms with Crippen molar-refractivity contribution in [3.05, 3.63) is 70.0 Å². The molecule has 2 aromatic carbocycles. The van der Waals surface area contributed by atoms with Gasteiger partial charge in [-0.15, -0.1) is 0 Å². The summed E-state index contributed by atoms with van der Waals surface area (Å²) in [6.45, 7) is 2.69. The molecule has 0 aliphatic rings. The highest BCUT2D eigenvalue weighted by Gasteiger charge is 2.13. The van der Waals surface area contributed by atoms with Crippen molar-refractivity contribution in [3.8, 4) is 0 Å². The molecule has 3 aromatic rings. The van der Waals surface area contributed by atoms with E-state index in [9.17, 15) is 13.6 Å². The standard InChI is InChI=1S/C20H20F2N2OS/c1-2-3-6-11-24-19(25)16-7-4-5-8-18(16)23-20(24)26-13-14-9-10-15(21)12-17(14)22/h4-5,7-10,12H,2-3,6,11,13H2,1H3. The summed E-state index contributed by atoms with van der Waals surface area (Å²) < 4.78 is 28.6. The summed E-state index contributed by atoms with van der Waals surface area (Å²) in [4.78, 5) is 17.5. The van der Waals surface area contributed by atoms with Crippen LogP contribution in [-0.4, -0.2) is 9.55 Å². The van der Waals surface area contributed by atoms with Crippen LogP contribution >= 0.6 is 11.8 Å². The van der Waals surface area contributed by atoms with Gasteiger partial charge in [0, 0.05) is 18.4 Å². The van der Waals surface area contributed by atoms with Gasteiger partial charge in [-0.2, -0.15) is 0 Å². The maximum Gasteiger partial charge on any atom is 0.262 e. The predicted molar refractivity (Wildman–Crippen MR) is 101 cm³/mol. The van der Waals surface area contributed by atoms with E-state index >= 15 is 0 Å². The highest BCUT2D eigenvalue weighted by Crippen LogP contribution is 2.24. The lowest BCUT2D eigenvalue weighted by Gasteiger charge is -2.13. The molecule has 0 N–H and O–H groups in total. The van der Waals surface area contributed by atoms with Gasteiger partial charge < -0.3 is 0 Å². The van der Waals surface area contributed by atoms with Crippen LogP contribution in [0.25, 0.3) is 10.9 Å². The third-order valence-electron chi connectivity index (χ3n) is 4.18. The minimum absolute atomic E-state index is 0.0752. The number of thioether (sulfide) groups is 1. The number of fused-ring (bicyclic) bond motifs is 1. The van der Waals surface area contributed by atoms with Gasteiger partial charge in [-0.25, -0.2) is 13.8 Å². The Morgan fingerprint density at radius 1 is 1.12 bits per heavy atom. The highest BCUT2D eigenvalue weighted by molar-refractivity contribution is 7.98. The molecule has 3 rings (SSSR count). The number of aromatic nitrogens is 2. The van der Waals surface area contributed by atoms with E-state index in [2.05, 4.69) is 11.9 Å². The first kappa shape index (κ1) is 18.6. The van der Waals surface area contributed by atoms with Gasteiger partial charge >= 0.3 is 0 Å². The Balaban J connectivity index is 1.94. The van der Waals surface area contributed by atoms with E-state index < -0.39 is 11.6 Å². The van der Waals surface area contributed by atoms with E-state index in [1.54, 1.807) is 16.7 Å². The van der Waals surface area contributed by atoms with E-state index in [-0.39, 0.29) is 11.3 Å². The summed E-state index contributed by atoms with van der Waals surface area (Å²) >= 11 is 1.30. The molecule has 0 radical (unpaired) electrons. The van der Waals surface area contributed by atoms with Crippen LogP contribution in [0.1, 0.15) is 31.7 Å². The molecular formula is C20H20F2N2OS. The molecule has 3 nitrogen and oxygen atoms in total. The molecule has 1 heterocycles. The second-order valence-corrected chi connectivity index (χ2v) is 7.04. The Bertz CT molecular complexity index is 972. The third-order valence-corrected chi connectivity index (χ3v) is 5.21. The van der Waals surface area contributed by atoms with Crippen LogP contribution in [0.2, 0.25) is 0 Å². The van der Waals surface area contributed by atoms with E-state index in [1.807, 2.05) is 12.1 Å². The van der Waals surface area contributed by atoms with Crippen LogP contribution in [0.4, 0.5) is 8.78 Å². The number of benzene rings is 2. The van der Waals surface area contributed by atoms with E-state index in [0.717, 1.165) is 25.3 Å². The fraction of sp³-hybridized carbons (Fsp3) is 0.300. The van der Waals surface area contributed by atoms with Crippen LogP contribution in [0.5, 0.6) is 0 Å². The van der Waals surface area contributed by atoms with Crippen molar-refractivity contribution >= 4 is 22.7 Å². The molecule has 0 saturated carbocycles. The van der Waals surface area contributed by atoms with E-state index in [0.29, 0.717) is 28.2 Å². The predicted octanol–water partition coefficient (Wildman–Crippen LogP) is 5.16. The minimum Gasteiger partial charge on any atom is -0.287 e. The van der Waals surface area contributed by atoms with Crippen LogP contribution in [0.15, 0.2) is 52.4 Å². The normalized spacial score (nSPS) is 11.2. The summed E-state index contributed by atoms with van der Waals surface area (Å²) in [7, 11) is 0. The second kappa shape index (κ2) is 8.45. The number of hydrogen-bond donors (Lipinski definition) is 0. The lowest BCUT2D eigenvalue weighted by Crippen LogP contribution is -2.23. The van der Waals surface area contributed by atoms with Crippen molar-refractivity contribution in [2.75, 3.05) is 0 Å². The average Bonchev–Trinajstić information content (AvgIpc) is 2.63. The van der Waals surface area contributed by atoms with E-state index in [4.69, 9.17) is 0 Å². The lowest BCUT2D eigenvalue weighted by molar-refractivity contribution is 0.541. The first-order valence-corrected chi connectivity index (χ1v) is 9.65. The number of halogens is 2. The van der Waals surface area contributed by atoms with Crippen molar-refractivity contribution in [1.29, 1.82) is 0 Å². The average molecular weight is 374 g/mol. The summed E-state index contributed by atoms with van der Waals surface area (Å²) in [6, 6.07) is 10.8. The van der Waals surface area contributed by atoms with Gasteiger partial charge in [0.1, 0.15) is 11.6 Å². The quantitative estimate of drug-likeness (QED) is 0.326. The molecule has 136 valence electrons. The summed E-state index contributed by atoms with van der Waals surface area (Å²) in [5.41, 5.74) is 0.944. The highest BCUT2D eigenvalue weighted by atomic mass is 32.2. The maximum absolute atomic E-state index is 13.9. The van der Waals surface area contributed by atoms with Crippen molar-refractivity contribution < 1.29 is 8.78 Å². The Labute approximate surface area is 155 Å². The van der Waals surface area contributed by atoms with Crippen molar-refractivity contribution in [2.24, 2.45) is 0 Å². The molecule has 0 unspecified atom stereocenters. The number of nitrogens with zero attached hydrogens (tertiary/aromatic N) is 2. The zero-order valence-corrected chi connectivity index (χ0v) is 15.4. The van der Waals surface area contributed by atoms with Gasteiger partial charge in [0.2, 0.25) is 0 Å². The van der Waals surface area contributed by atoms with Gasteiger partial charge in [0.15, 0.2) is 5.16 Å². The molecule has 0 fully saturated rings. The summed E-state index contributed by atoms with van der Waals surface area (Å²) in [5.74, 6) is -0.903. The van der Waals surface area contributed by atoms with Crippen LogP contribution in [0, 0.1) is 11.6 Å². The molecule has 26 heavy (non-hydrogen) atoms. The molecule has 0 aliphatic heterocycles. The molecule has 6 heteroatoms. The Hall–Kier alpha value is -2.21. The first-order valence-electron chi connectivity index (χ1n) is 8.66. The fourth-order valence-corrected chi connectivity index (χ4v) is 3.77. The van der Waals surface area contributed by atoms with Crippen LogP contribution in [-0.2, 0) is 12.3 Å². The molecule has 0 atom stereocenters. The van der Waals surface area contributed by atoms with Crippen molar-refractivity contribution in [1.82, 2.24) is 9.55 Å². The van der Waals surface area contributed by atoms with Crippen molar-refractivity contribution in [3.63, 3.8) is 0 Å². The Kier molecular flexibility index (Phi) is 6.04. The molecule has 1 aromatic heterocycles. The van der Waals surface area contributed by atoms with E-state index in [1.165, 1.54) is 23.9 Å². The zero-order valence-electron chi connectivity index (χ0n) is 14.5. The van der Waals surface area contributed by atoms with Gasteiger partial charge in [-0.1, -0.05) is 49.7 Å². The number of unbranched alkanes of at least 4 members (excludes halogenated alkanes) is 2. The Morgan fingerprint density at radius 3 is 2.69 bits per heavy atom. The summed E-state index contributed by atoms with van der Waals surface area (Å²) in [6.07, 6.45) is 2.96. The number of hydrogen-bond acceptors (Lipinski definition) is 3. The Morgan fingerprint density at radius 2 is 1.92 bits per heavy atom. The van der Waals surface area contributed by atoms with Crippen molar-refractivity contribution in [2.45, 2.75) is 43.6 Å². The number of para-hydroxylation sites is 1. The topological polar surface area (TPSA) is 34.9 Å². The van der Waals surface area contributed by atoms with Crippen LogP contribution < -0.4 is 5.56 Å². The molecule has 0 spiro atoms. The monoisotopic (exact) mass is 374 g/mol. The largest absolute Gasteiger partial charge is 0.287 e. The fourth-order valence-electron chi connectivity index (χ4n) is 2.76. The summed E-state index contributed by atoms with van der Waals surface area (Å²) in [5, 5.41) is 1.15. The number of rotatable bonds is 7. The third kappa shape index (κ3) is 4.12. The molecule has 0 amide bonds. The van der Waals surface area contributed by atoms with Crippen LogP contribution in [0.3, 0.4) is 0 Å². The smallest absolute Gasteiger partial charge is 0.262 e. The first-order chi connectivity index (χ1) is 12.6. The van der Waals surface area contributed by atoms with Gasteiger partial charge in [0.25, 0.3) is 5.56 Å². The zero-order chi connectivity index (χ0) is 18.5. The SMILES string of the molecule is CCCCCn1c(SCc2ccc(F)cc2F)nc2ccccc2c1=O. The molecule has 0 saturated heterocycles. The molecular weight excluding hydrogens is 354 g/mol. The lowest BCUT2D eigenvalue weighted by atomic mass is 10.2. The molecule has 0 aliphatic carbocycles. The molecule has 0 bridgehead atoms. The van der Waals surface area contributed by atoms with Gasteiger partial charge in [-0.3, -0.25) is 9.36 Å². The minimum atomic E-state index is -0.600. The maximum atomic E-state index is 13.9. The van der Waals surface area contributed by atoms with Gasteiger partial charge in [0.05, 0.1) is 10.9 Å². The second-order valence-electron chi connectivity index (χ2n) is 6.10.